The Morgan fingerprint density at radius 3 is 2.38 bits per heavy atom. The number of hydrogen-bond acceptors (Lipinski definition) is 5. The van der Waals surface area contributed by atoms with Crippen LogP contribution in [0.4, 0.5) is 5.69 Å². The van der Waals surface area contributed by atoms with Crippen LogP contribution in [0.1, 0.15) is 29.4 Å². The van der Waals surface area contributed by atoms with Gasteiger partial charge in [0.15, 0.2) is 5.16 Å². The maximum absolute atomic E-state index is 12.5. The first-order valence-electron chi connectivity index (χ1n) is 7.75. The number of anilines is 1. The SMILES string of the molecule is COc1ccc(C)cc1NC(=O)[C@H](C)Sc1nc(C)c(C)c(C)n1. The zero-order valence-corrected chi connectivity index (χ0v) is 15.7. The summed E-state index contributed by atoms with van der Waals surface area (Å²) in [5.74, 6) is 0.535. The summed E-state index contributed by atoms with van der Waals surface area (Å²) in [4.78, 5) is 21.4. The van der Waals surface area contributed by atoms with E-state index in [4.69, 9.17) is 4.74 Å². The van der Waals surface area contributed by atoms with Gasteiger partial charge in [0.1, 0.15) is 5.75 Å². The zero-order valence-electron chi connectivity index (χ0n) is 14.9. The Morgan fingerprint density at radius 1 is 1.17 bits per heavy atom. The van der Waals surface area contributed by atoms with Crippen molar-refractivity contribution < 1.29 is 9.53 Å². The molecule has 0 radical (unpaired) electrons. The van der Waals surface area contributed by atoms with Crippen molar-refractivity contribution in [3.8, 4) is 5.75 Å². The second-order valence-corrected chi connectivity index (χ2v) is 7.06. The van der Waals surface area contributed by atoms with E-state index in [-0.39, 0.29) is 11.2 Å². The molecule has 0 saturated carbocycles. The van der Waals surface area contributed by atoms with Gasteiger partial charge in [-0.3, -0.25) is 4.79 Å². The van der Waals surface area contributed by atoms with E-state index in [0.717, 1.165) is 22.5 Å². The first-order valence-corrected chi connectivity index (χ1v) is 8.63. The summed E-state index contributed by atoms with van der Waals surface area (Å²) in [5, 5.41) is 3.22. The largest absolute Gasteiger partial charge is 0.495 e. The first kappa shape index (κ1) is 18.3. The number of ether oxygens (including phenoxy) is 1. The van der Waals surface area contributed by atoms with Gasteiger partial charge >= 0.3 is 0 Å². The predicted octanol–water partition coefficient (Wildman–Crippen LogP) is 3.84. The number of aromatic nitrogens is 2. The van der Waals surface area contributed by atoms with Crippen LogP contribution in [0.15, 0.2) is 23.4 Å². The Morgan fingerprint density at radius 2 is 1.79 bits per heavy atom. The number of nitrogens with zero attached hydrogens (tertiary/aromatic N) is 2. The molecule has 2 rings (SSSR count). The number of nitrogens with one attached hydrogen (secondary N) is 1. The van der Waals surface area contributed by atoms with Crippen molar-refractivity contribution in [2.75, 3.05) is 12.4 Å². The molecule has 1 atom stereocenters. The minimum atomic E-state index is -0.322. The average molecular weight is 345 g/mol. The van der Waals surface area contributed by atoms with Gasteiger partial charge < -0.3 is 10.1 Å². The normalized spacial score (nSPS) is 11.9. The lowest BCUT2D eigenvalue weighted by Crippen LogP contribution is -2.23. The van der Waals surface area contributed by atoms with Crippen LogP contribution in [0.3, 0.4) is 0 Å². The van der Waals surface area contributed by atoms with Gasteiger partial charge in [0.25, 0.3) is 0 Å². The van der Waals surface area contributed by atoms with E-state index < -0.39 is 0 Å². The monoisotopic (exact) mass is 345 g/mol. The van der Waals surface area contributed by atoms with Crippen LogP contribution in [0.5, 0.6) is 5.75 Å². The summed E-state index contributed by atoms with van der Waals surface area (Å²) < 4.78 is 5.30. The number of hydrogen-bond donors (Lipinski definition) is 1. The molecule has 0 unspecified atom stereocenters. The Hall–Kier alpha value is -2.08. The lowest BCUT2D eigenvalue weighted by atomic mass is 10.2. The second kappa shape index (κ2) is 7.66. The molecule has 1 heterocycles. The lowest BCUT2D eigenvalue weighted by Gasteiger charge is -2.15. The molecule has 0 fully saturated rings. The third kappa shape index (κ3) is 4.26. The Bertz CT molecular complexity index is 739. The summed E-state index contributed by atoms with van der Waals surface area (Å²) in [6.07, 6.45) is 0. The van der Waals surface area contributed by atoms with Crippen molar-refractivity contribution in [2.24, 2.45) is 0 Å². The molecule has 1 aromatic heterocycles. The number of methoxy groups -OCH3 is 1. The minimum Gasteiger partial charge on any atom is -0.495 e. The summed E-state index contributed by atoms with van der Waals surface area (Å²) in [5.41, 5.74) is 4.70. The third-order valence-electron chi connectivity index (χ3n) is 3.88. The second-order valence-electron chi connectivity index (χ2n) is 5.76. The van der Waals surface area contributed by atoms with Gasteiger partial charge in [-0.1, -0.05) is 17.8 Å². The molecular formula is C18H23N3O2S. The van der Waals surface area contributed by atoms with E-state index in [1.54, 1.807) is 7.11 Å². The highest BCUT2D eigenvalue weighted by Gasteiger charge is 2.18. The van der Waals surface area contributed by atoms with E-state index >= 15 is 0 Å². The fourth-order valence-electron chi connectivity index (χ4n) is 2.16. The van der Waals surface area contributed by atoms with E-state index in [1.807, 2.05) is 52.8 Å². The van der Waals surface area contributed by atoms with Gasteiger partial charge in [0.05, 0.1) is 18.0 Å². The van der Waals surface area contributed by atoms with Crippen LogP contribution >= 0.6 is 11.8 Å². The molecule has 0 aliphatic carbocycles. The molecule has 6 heteroatoms. The molecule has 1 aromatic carbocycles. The number of carbonyl (C=O) groups is 1. The number of amides is 1. The Kier molecular flexibility index (Phi) is 5.83. The fraction of sp³-hybridized carbons (Fsp3) is 0.389. The van der Waals surface area contributed by atoms with Crippen LogP contribution < -0.4 is 10.1 Å². The van der Waals surface area contributed by atoms with Crippen molar-refractivity contribution in [1.82, 2.24) is 9.97 Å². The highest BCUT2D eigenvalue weighted by Crippen LogP contribution is 2.27. The standard InChI is InChI=1S/C18H23N3O2S/c1-10-7-8-16(23-6)15(9-10)21-17(22)14(5)24-18-19-12(3)11(2)13(4)20-18/h7-9,14H,1-6H3,(H,21,22)/t14-/m0/s1. The summed E-state index contributed by atoms with van der Waals surface area (Å²) in [6.45, 7) is 9.72. The number of benzene rings is 1. The molecule has 0 saturated heterocycles. The number of rotatable bonds is 5. The van der Waals surface area contributed by atoms with E-state index in [0.29, 0.717) is 16.6 Å². The van der Waals surface area contributed by atoms with Gasteiger partial charge in [-0.15, -0.1) is 0 Å². The molecule has 0 aliphatic rings. The molecule has 0 aliphatic heterocycles. The van der Waals surface area contributed by atoms with Crippen LogP contribution in [0.25, 0.3) is 0 Å². The van der Waals surface area contributed by atoms with Crippen molar-refractivity contribution in [3.05, 3.63) is 40.7 Å². The number of carbonyl (C=O) groups excluding carboxylic acids is 1. The van der Waals surface area contributed by atoms with Crippen LogP contribution in [0, 0.1) is 27.7 Å². The predicted molar refractivity (Wildman–Crippen MR) is 97.9 cm³/mol. The molecule has 24 heavy (non-hydrogen) atoms. The minimum absolute atomic E-state index is 0.108. The smallest absolute Gasteiger partial charge is 0.237 e. The van der Waals surface area contributed by atoms with E-state index in [2.05, 4.69) is 15.3 Å². The Balaban J connectivity index is 2.12. The zero-order chi connectivity index (χ0) is 17.9. The van der Waals surface area contributed by atoms with Crippen LogP contribution in [0.2, 0.25) is 0 Å². The van der Waals surface area contributed by atoms with Gasteiger partial charge in [-0.05, 0) is 57.9 Å². The molecule has 0 spiro atoms. The van der Waals surface area contributed by atoms with Gasteiger partial charge in [0.2, 0.25) is 5.91 Å². The van der Waals surface area contributed by atoms with Crippen molar-refractivity contribution in [1.29, 1.82) is 0 Å². The van der Waals surface area contributed by atoms with E-state index in [9.17, 15) is 4.79 Å². The van der Waals surface area contributed by atoms with Gasteiger partial charge in [-0.2, -0.15) is 0 Å². The topological polar surface area (TPSA) is 64.1 Å². The first-order chi connectivity index (χ1) is 11.3. The molecule has 2 aromatic rings. The van der Waals surface area contributed by atoms with Gasteiger partial charge in [-0.25, -0.2) is 9.97 Å². The molecule has 1 amide bonds. The third-order valence-corrected chi connectivity index (χ3v) is 4.84. The highest BCUT2D eigenvalue weighted by atomic mass is 32.2. The quantitative estimate of drug-likeness (QED) is 0.659. The highest BCUT2D eigenvalue weighted by molar-refractivity contribution is 8.00. The fourth-order valence-corrected chi connectivity index (χ4v) is 3.02. The van der Waals surface area contributed by atoms with Crippen LogP contribution in [-0.4, -0.2) is 28.2 Å². The molecule has 5 nitrogen and oxygen atoms in total. The van der Waals surface area contributed by atoms with Crippen LogP contribution in [-0.2, 0) is 4.79 Å². The molecule has 0 bridgehead atoms. The van der Waals surface area contributed by atoms with Crippen molar-refractivity contribution in [3.63, 3.8) is 0 Å². The number of aryl methyl sites for hydroxylation is 3. The number of thioether (sulfide) groups is 1. The van der Waals surface area contributed by atoms with Gasteiger partial charge in [0, 0.05) is 11.4 Å². The van der Waals surface area contributed by atoms with E-state index in [1.165, 1.54) is 11.8 Å². The average Bonchev–Trinajstić information content (AvgIpc) is 2.52. The van der Waals surface area contributed by atoms with Crippen molar-refractivity contribution >= 4 is 23.4 Å². The molecular weight excluding hydrogens is 322 g/mol. The summed E-state index contributed by atoms with van der Waals surface area (Å²) in [6, 6.07) is 5.68. The maximum atomic E-state index is 12.5. The summed E-state index contributed by atoms with van der Waals surface area (Å²) >= 11 is 1.35. The molecule has 1 N–H and O–H groups in total. The lowest BCUT2D eigenvalue weighted by molar-refractivity contribution is -0.115. The maximum Gasteiger partial charge on any atom is 0.237 e. The Labute approximate surface area is 147 Å². The van der Waals surface area contributed by atoms with Crippen molar-refractivity contribution in [2.45, 2.75) is 45.0 Å². The summed E-state index contributed by atoms with van der Waals surface area (Å²) in [7, 11) is 1.59. The molecule has 128 valence electrons.